The highest BCUT2D eigenvalue weighted by Crippen LogP contribution is 2.30. The van der Waals surface area contributed by atoms with Crippen LogP contribution in [0.25, 0.3) is 0 Å². The van der Waals surface area contributed by atoms with Crippen molar-refractivity contribution in [2.45, 2.75) is 19.9 Å². The molecule has 152 valence electrons. The average Bonchev–Trinajstić information content (AvgIpc) is 2.78. The second-order valence-electron chi connectivity index (χ2n) is 7.50. The molecule has 1 heterocycles. The van der Waals surface area contributed by atoms with Crippen LogP contribution in [0.2, 0.25) is 0 Å². The normalized spacial score (nSPS) is 14.9. The molecule has 0 bridgehead atoms. The summed E-state index contributed by atoms with van der Waals surface area (Å²) in [5.41, 5.74) is 4.46. The maximum atomic E-state index is 12.7. The third kappa shape index (κ3) is 4.51. The fourth-order valence-corrected chi connectivity index (χ4v) is 3.57. The van der Waals surface area contributed by atoms with Crippen LogP contribution in [0, 0.1) is 12.8 Å². The van der Waals surface area contributed by atoms with Crippen molar-refractivity contribution in [1.82, 2.24) is 5.32 Å². The number of nitrogens with one attached hydrogen (secondary N) is 2. The van der Waals surface area contributed by atoms with Crippen LogP contribution in [0.1, 0.15) is 27.0 Å². The van der Waals surface area contributed by atoms with Crippen molar-refractivity contribution in [3.05, 3.63) is 95.1 Å². The van der Waals surface area contributed by atoms with Gasteiger partial charge < -0.3 is 15.4 Å². The van der Waals surface area contributed by atoms with Gasteiger partial charge in [0.05, 0.1) is 5.92 Å². The lowest BCUT2D eigenvalue weighted by atomic mass is 9.95. The molecule has 30 heavy (non-hydrogen) atoms. The number of hydrogen-bond donors (Lipinski definition) is 2. The highest BCUT2D eigenvalue weighted by molar-refractivity contribution is 6.04. The zero-order valence-electron chi connectivity index (χ0n) is 16.9. The van der Waals surface area contributed by atoms with Gasteiger partial charge in [0.25, 0.3) is 5.91 Å². The lowest BCUT2D eigenvalue weighted by Gasteiger charge is -2.25. The number of ether oxygens (including phenoxy) is 1. The molecule has 3 aromatic rings. The summed E-state index contributed by atoms with van der Waals surface area (Å²) in [4.78, 5) is 25.1. The van der Waals surface area contributed by atoms with Gasteiger partial charge in [0, 0.05) is 17.8 Å². The highest BCUT2D eigenvalue weighted by atomic mass is 16.5. The van der Waals surface area contributed by atoms with Crippen LogP contribution in [0.5, 0.6) is 5.75 Å². The first-order chi connectivity index (χ1) is 14.6. The Morgan fingerprint density at radius 3 is 2.57 bits per heavy atom. The quantitative estimate of drug-likeness (QED) is 0.677. The van der Waals surface area contributed by atoms with Crippen LogP contribution in [-0.2, 0) is 17.8 Å². The molecule has 1 aliphatic heterocycles. The molecular weight excluding hydrogens is 376 g/mol. The Balaban J connectivity index is 1.40. The van der Waals surface area contributed by atoms with Gasteiger partial charge in [-0.05, 0) is 60.4 Å². The van der Waals surface area contributed by atoms with Crippen LogP contribution >= 0.6 is 0 Å². The number of benzene rings is 3. The van der Waals surface area contributed by atoms with E-state index in [1.165, 1.54) is 0 Å². The maximum absolute atomic E-state index is 12.7. The van der Waals surface area contributed by atoms with Crippen molar-refractivity contribution in [1.29, 1.82) is 0 Å². The molecular formula is C25H24N2O3. The number of amides is 2. The van der Waals surface area contributed by atoms with E-state index < -0.39 is 0 Å². The lowest BCUT2D eigenvalue weighted by Crippen LogP contribution is -2.37. The maximum Gasteiger partial charge on any atom is 0.255 e. The number of carbonyl (C=O) groups is 2. The second kappa shape index (κ2) is 8.82. The van der Waals surface area contributed by atoms with Crippen LogP contribution in [-0.4, -0.2) is 18.4 Å². The summed E-state index contributed by atoms with van der Waals surface area (Å²) in [5, 5.41) is 5.93. The molecule has 0 saturated heterocycles. The first kappa shape index (κ1) is 19.7. The Bertz CT molecular complexity index is 1060. The minimum absolute atomic E-state index is 0.0253. The van der Waals surface area contributed by atoms with Gasteiger partial charge in [0.15, 0.2) is 0 Å². The minimum atomic E-state index is -0.262. The van der Waals surface area contributed by atoms with Gasteiger partial charge in [-0.25, -0.2) is 0 Å². The van der Waals surface area contributed by atoms with Crippen LogP contribution in [0.15, 0.2) is 72.8 Å². The summed E-state index contributed by atoms with van der Waals surface area (Å²) in [5.74, 6) is 0.305. The average molecular weight is 400 g/mol. The predicted octanol–water partition coefficient (Wildman–Crippen LogP) is 4.11. The second-order valence-corrected chi connectivity index (χ2v) is 7.50. The van der Waals surface area contributed by atoms with E-state index in [1.54, 1.807) is 12.1 Å². The Labute approximate surface area is 176 Å². The van der Waals surface area contributed by atoms with E-state index in [0.29, 0.717) is 30.8 Å². The molecule has 0 aromatic heterocycles. The SMILES string of the molecule is Cc1ccccc1CNC(=O)[C@H]1COc2ccc(NC(=O)c3ccccc3)cc2C1. The van der Waals surface area contributed by atoms with E-state index in [1.807, 2.05) is 67.6 Å². The molecule has 5 heteroatoms. The fraction of sp³-hybridized carbons (Fsp3) is 0.200. The largest absolute Gasteiger partial charge is 0.492 e. The lowest BCUT2D eigenvalue weighted by molar-refractivity contribution is -0.126. The van der Waals surface area contributed by atoms with Crippen LogP contribution in [0.4, 0.5) is 5.69 Å². The van der Waals surface area contributed by atoms with Crippen LogP contribution in [0.3, 0.4) is 0 Å². The summed E-state index contributed by atoms with van der Waals surface area (Å²) in [6, 6.07) is 22.6. The molecule has 2 N–H and O–H groups in total. The van der Waals surface area contributed by atoms with Crippen molar-refractivity contribution in [3.63, 3.8) is 0 Å². The third-order valence-electron chi connectivity index (χ3n) is 5.35. The number of fused-ring (bicyclic) bond motifs is 1. The van der Waals surface area contributed by atoms with Crippen molar-refractivity contribution in [2.24, 2.45) is 5.92 Å². The molecule has 5 nitrogen and oxygen atoms in total. The molecule has 2 amide bonds. The molecule has 0 aliphatic carbocycles. The number of hydrogen-bond acceptors (Lipinski definition) is 3. The molecule has 0 spiro atoms. The van der Waals surface area contributed by atoms with Crippen molar-refractivity contribution >= 4 is 17.5 Å². The van der Waals surface area contributed by atoms with E-state index in [0.717, 1.165) is 22.4 Å². The van der Waals surface area contributed by atoms with Gasteiger partial charge >= 0.3 is 0 Å². The molecule has 0 fully saturated rings. The van der Waals surface area contributed by atoms with Crippen molar-refractivity contribution in [3.8, 4) is 5.75 Å². The first-order valence-corrected chi connectivity index (χ1v) is 10.0. The van der Waals surface area contributed by atoms with Gasteiger partial charge in [-0.3, -0.25) is 9.59 Å². The number of rotatable bonds is 5. The van der Waals surface area contributed by atoms with E-state index in [2.05, 4.69) is 10.6 Å². The molecule has 3 aromatic carbocycles. The van der Waals surface area contributed by atoms with Crippen LogP contribution < -0.4 is 15.4 Å². The zero-order chi connectivity index (χ0) is 20.9. The topological polar surface area (TPSA) is 67.4 Å². The number of aryl methyl sites for hydroxylation is 1. The zero-order valence-corrected chi connectivity index (χ0v) is 16.9. The Morgan fingerprint density at radius 2 is 1.77 bits per heavy atom. The number of anilines is 1. The molecule has 1 aliphatic rings. The summed E-state index contributed by atoms with van der Waals surface area (Å²) in [6.45, 7) is 2.89. The van der Waals surface area contributed by atoms with Gasteiger partial charge in [-0.1, -0.05) is 42.5 Å². The fourth-order valence-electron chi connectivity index (χ4n) is 3.57. The molecule has 4 rings (SSSR count). The molecule has 0 unspecified atom stereocenters. The summed E-state index contributed by atoms with van der Waals surface area (Å²) in [7, 11) is 0. The molecule has 0 radical (unpaired) electrons. The molecule has 1 atom stereocenters. The van der Waals surface area contributed by atoms with Crippen molar-refractivity contribution in [2.75, 3.05) is 11.9 Å². The third-order valence-corrected chi connectivity index (χ3v) is 5.35. The highest BCUT2D eigenvalue weighted by Gasteiger charge is 2.26. The van der Waals surface area contributed by atoms with E-state index in [9.17, 15) is 9.59 Å². The van der Waals surface area contributed by atoms with E-state index >= 15 is 0 Å². The molecule has 0 saturated carbocycles. The smallest absolute Gasteiger partial charge is 0.255 e. The van der Waals surface area contributed by atoms with E-state index in [-0.39, 0.29) is 17.7 Å². The van der Waals surface area contributed by atoms with Gasteiger partial charge in [0.1, 0.15) is 12.4 Å². The Hall–Kier alpha value is -3.60. The standard InChI is InChI=1S/C25H24N2O3/c1-17-7-5-6-10-19(17)15-26-24(28)21-13-20-14-22(11-12-23(20)30-16-21)27-25(29)18-8-3-2-4-9-18/h2-12,14,21H,13,15-16H2,1H3,(H,26,28)(H,27,29)/t21-/m1/s1. The summed E-state index contributed by atoms with van der Waals surface area (Å²) < 4.78 is 5.80. The Morgan fingerprint density at radius 1 is 1.00 bits per heavy atom. The van der Waals surface area contributed by atoms with Crippen molar-refractivity contribution < 1.29 is 14.3 Å². The number of carbonyl (C=O) groups excluding carboxylic acids is 2. The first-order valence-electron chi connectivity index (χ1n) is 10.0. The van der Waals surface area contributed by atoms with Gasteiger partial charge in [-0.15, -0.1) is 0 Å². The summed E-state index contributed by atoms with van der Waals surface area (Å²) >= 11 is 0. The minimum Gasteiger partial charge on any atom is -0.492 e. The van der Waals surface area contributed by atoms with Gasteiger partial charge in [-0.2, -0.15) is 0 Å². The Kier molecular flexibility index (Phi) is 5.80. The monoisotopic (exact) mass is 400 g/mol. The van der Waals surface area contributed by atoms with E-state index in [4.69, 9.17) is 4.74 Å². The predicted molar refractivity (Wildman–Crippen MR) is 117 cm³/mol. The van der Waals surface area contributed by atoms with Gasteiger partial charge in [0.2, 0.25) is 5.91 Å². The summed E-state index contributed by atoms with van der Waals surface area (Å²) in [6.07, 6.45) is 0.573.